The second-order valence-electron chi connectivity index (χ2n) is 3.01. The first-order valence-corrected chi connectivity index (χ1v) is 4.77. The van der Waals surface area contributed by atoms with Gasteiger partial charge in [0.2, 0.25) is 0 Å². The summed E-state index contributed by atoms with van der Waals surface area (Å²) in [5.41, 5.74) is 7.16. The Morgan fingerprint density at radius 3 is 2.36 bits per heavy atom. The molecule has 2 heteroatoms. The Bertz CT molecular complexity index is 221. The molecule has 0 spiro atoms. The van der Waals surface area contributed by atoms with Crippen molar-refractivity contribution in [1.82, 2.24) is 5.32 Å². The van der Waals surface area contributed by atoms with Crippen LogP contribution in [0.4, 0.5) is 0 Å². The maximum absolute atomic E-state index is 5.85. The van der Waals surface area contributed by atoms with E-state index in [1.165, 1.54) is 5.56 Å². The fourth-order valence-corrected chi connectivity index (χ4v) is 1.25. The summed E-state index contributed by atoms with van der Waals surface area (Å²) in [7, 11) is 1.92. The molecule has 0 saturated carbocycles. The predicted molar refractivity (Wildman–Crippen MR) is 63.3 cm³/mol. The third-order valence-electron chi connectivity index (χ3n) is 1.81. The minimum absolute atomic E-state index is 0.220. The van der Waals surface area contributed by atoms with Gasteiger partial charge in [-0.3, -0.25) is 0 Å². The summed E-state index contributed by atoms with van der Waals surface area (Å²) in [4.78, 5) is 0. The average Bonchev–Trinajstić information content (AvgIpc) is 2.22. The lowest BCUT2D eigenvalue weighted by Crippen LogP contribution is -2.33. The van der Waals surface area contributed by atoms with E-state index in [-0.39, 0.29) is 6.04 Å². The molecular formula is C12H20N2. The number of rotatable bonds is 4. The molecule has 0 bridgehead atoms. The van der Waals surface area contributed by atoms with Gasteiger partial charge in [0.1, 0.15) is 0 Å². The van der Waals surface area contributed by atoms with Gasteiger partial charge >= 0.3 is 0 Å². The van der Waals surface area contributed by atoms with E-state index in [2.05, 4.69) is 30.6 Å². The normalized spacial score (nSPS) is 11.3. The highest BCUT2D eigenvalue weighted by Crippen LogP contribution is 2.00. The van der Waals surface area contributed by atoms with Crippen LogP contribution in [0.5, 0.6) is 0 Å². The van der Waals surface area contributed by atoms with E-state index < -0.39 is 0 Å². The van der Waals surface area contributed by atoms with E-state index in [0.29, 0.717) is 0 Å². The lowest BCUT2D eigenvalue weighted by atomic mass is 10.1. The van der Waals surface area contributed by atoms with Gasteiger partial charge in [-0.1, -0.05) is 30.3 Å². The Morgan fingerprint density at radius 2 is 1.86 bits per heavy atom. The van der Waals surface area contributed by atoms with E-state index in [9.17, 15) is 0 Å². The average molecular weight is 192 g/mol. The number of hydrogen-bond donors (Lipinski definition) is 2. The summed E-state index contributed by atoms with van der Waals surface area (Å²) in [6.07, 6.45) is 0.946. The van der Waals surface area contributed by atoms with Gasteiger partial charge in [0.15, 0.2) is 0 Å². The number of hydrogen-bond acceptors (Lipinski definition) is 2. The van der Waals surface area contributed by atoms with Crippen LogP contribution in [-0.2, 0) is 6.42 Å². The third-order valence-corrected chi connectivity index (χ3v) is 1.81. The molecule has 0 radical (unpaired) electrons. The van der Waals surface area contributed by atoms with Crippen LogP contribution in [0.25, 0.3) is 0 Å². The largest absolute Gasteiger partial charge is 0.326 e. The summed E-state index contributed by atoms with van der Waals surface area (Å²) in [6, 6.07) is 10.5. The van der Waals surface area contributed by atoms with Gasteiger partial charge in [-0.2, -0.15) is 0 Å². The molecule has 14 heavy (non-hydrogen) atoms. The zero-order valence-corrected chi connectivity index (χ0v) is 8.87. The molecule has 0 heterocycles. The van der Waals surface area contributed by atoms with Crippen LogP contribution in [-0.4, -0.2) is 19.6 Å². The monoisotopic (exact) mass is 192 g/mol. The molecule has 1 atom stereocenters. The molecule has 0 aliphatic rings. The highest BCUT2D eigenvalue weighted by molar-refractivity contribution is 5.15. The summed E-state index contributed by atoms with van der Waals surface area (Å²) in [5.74, 6) is 0. The fraction of sp³-hybridized carbons (Fsp3) is 0.333. The van der Waals surface area contributed by atoms with Gasteiger partial charge in [-0.15, -0.1) is 13.2 Å². The van der Waals surface area contributed by atoms with E-state index in [4.69, 9.17) is 5.73 Å². The Labute approximate surface area is 86.8 Å². The maximum atomic E-state index is 5.85. The van der Waals surface area contributed by atoms with Crippen LogP contribution in [0.15, 0.2) is 43.5 Å². The maximum Gasteiger partial charge on any atom is 0.0206 e. The third kappa shape index (κ3) is 5.51. The Kier molecular flexibility index (Phi) is 7.80. The lowest BCUT2D eigenvalue weighted by Gasteiger charge is -2.09. The smallest absolute Gasteiger partial charge is 0.0206 e. The second-order valence-corrected chi connectivity index (χ2v) is 3.01. The molecule has 78 valence electrons. The SMILES string of the molecule is C=C.CNC[C@@H](N)Cc1ccccc1. The van der Waals surface area contributed by atoms with Crippen molar-refractivity contribution >= 4 is 0 Å². The summed E-state index contributed by atoms with van der Waals surface area (Å²) in [6.45, 7) is 6.87. The van der Waals surface area contributed by atoms with Crippen LogP contribution in [0, 0.1) is 0 Å². The quantitative estimate of drug-likeness (QED) is 0.711. The Hall–Kier alpha value is -1.12. The van der Waals surface area contributed by atoms with E-state index >= 15 is 0 Å². The topological polar surface area (TPSA) is 38.0 Å². The Balaban J connectivity index is 0.000000791. The number of nitrogens with two attached hydrogens (primary N) is 1. The van der Waals surface area contributed by atoms with E-state index in [1.54, 1.807) is 0 Å². The molecule has 0 unspecified atom stereocenters. The van der Waals surface area contributed by atoms with Gasteiger partial charge in [0.05, 0.1) is 0 Å². The molecule has 0 aliphatic carbocycles. The summed E-state index contributed by atoms with van der Waals surface area (Å²) in [5, 5.41) is 3.06. The molecule has 3 N–H and O–H groups in total. The molecule has 0 aliphatic heterocycles. The molecular weight excluding hydrogens is 172 g/mol. The zero-order valence-electron chi connectivity index (χ0n) is 8.87. The molecule has 0 saturated heterocycles. The van der Waals surface area contributed by atoms with Crippen molar-refractivity contribution in [1.29, 1.82) is 0 Å². The molecule has 0 fully saturated rings. The molecule has 0 amide bonds. The molecule has 1 rings (SSSR count). The van der Waals surface area contributed by atoms with Crippen molar-refractivity contribution in [2.45, 2.75) is 12.5 Å². The number of benzene rings is 1. The van der Waals surface area contributed by atoms with Crippen molar-refractivity contribution < 1.29 is 0 Å². The van der Waals surface area contributed by atoms with Crippen molar-refractivity contribution in [2.75, 3.05) is 13.6 Å². The van der Waals surface area contributed by atoms with Crippen LogP contribution in [0.2, 0.25) is 0 Å². The zero-order chi connectivity index (χ0) is 10.8. The molecule has 1 aromatic carbocycles. The van der Waals surface area contributed by atoms with Gasteiger partial charge in [-0.25, -0.2) is 0 Å². The predicted octanol–water partition coefficient (Wildman–Crippen LogP) is 1.58. The number of likely N-dealkylation sites (N-methyl/N-ethyl adjacent to an activating group) is 1. The standard InChI is InChI=1S/C10H16N2.C2H4/c1-12-8-10(11)7-9-5-3-2-4-6-9;1-2/h2-6,10,12H,7-8,11H2,1H3;1-2H2/t10-;/m0./s1. The van der Waals surface area contributed by atoms with Crippen LogP contribution < -0.4 is 11.1 Å². The summed E-state index contributed by atoms with van der Waals surface area (Å²) >= 11 is 0. The molecule has 2 nitrogen and oxygen atoms in total. The fourth-order valence-electron chi connectivity index (χ4n) is 1.25. The van der Waals surface area contributed by atoms with Gasteiger partial charge in [0.25, 0.3) is 0 Å². The van der Waals surface area contributed by atoms with Crippen molar-refractivity contribution in [3.05, 3.63) is 49.1 Å². The molecule has 1 aromatic rings. The first-order valence-electron chi connectivity index (χ1n) is 4.77. The van der Waals surface area contributed by atoms with Crippen LogP contribution >= 0.6 is 0 Å². The highest BCUT2D eigenvalue weighted by Gasteiger charge is 2.00. The van der Waals surface area contributed by atoms with Crippen LogP contribution in [0.1, 0.15) is 5.56 Å². The van der Waals surface area contributed by atoms with Gasteiger partial charge < -0.3 is 11.1 Å². The summed E-state index contributed by atoms with van der Waals surface area (Å²) < 4.78 is 0. The second kappa shape index (κ2) is 8.48. The minimum Gasteiger partial charge on any atom is -0.326 e. The van der Waals surface area contributed by atoms with Gasteiger partial charge in [-0.05, 0) is 19.0 Å². The first-order chi connectivity index (χ1) is 6.83. The molecule has 0 aromatic heterocycles. The first kappa shape index (κ1) is 12.9. The van der Waals surface area contributed by atoms with Crippen molar-refractivity contribution in [3.63, 3.8) is 0 Å². The van der Waals surface area contributed by atoms with E-state index in [0.717, 1.165) is 13.0 Å². The minimum atomic E-state index is 0.220. The number of nitrogens with one attached hydrogen (secondary N) is 1. The van der Waals surface area contributed by atoms with Crippen LogP contribution in [0.3, 0.4) is 0 Å². The van der Waals surface area contributed by atoms with E-state index in [1.807, 2.05) is 25.2 Å². The van der Waals surface area contributed by atoms with Gasteiger partial charge in [0, 0.05) is 12.6 Å². The highest BCUT2D eigenvalue weighted by atomic mass is 14.9. The lowest BCUT2D eigenvalue weighted by molar-refractivity contribution is 0.616. The van der Waals surface area contributed by atoms with Crippen molar-refractivity contribution in [3.8, 4) is 0 Å². The Morgan fingerprint density at radius 1 is 1.29 bits per heavy atom. The van der Waals surface area contributed by atoms with Crippen molar-refractivity contribution in [2.24, 2.45) is 5.73 Å².